The molecule has 0 spiro atoms. The number of nitrogens with zero attached hydrogens (tertiary/aromatic N) is 2. The molecule has 2 rings (SSSR count). The van der Waals surface area contributed by atoms with Crippen LogP contribution in [0.2, 0.25) is 0 Å². The lowest BCUT2D eigenvalue weighted by molar-refractivity contribution is -0.135. The van der Waals surface area contributed by atoms with Crippen molar-refractivity contribution < 1.29 is 9.53 Å². The first kappa shape index (κ1) is 13.0. The van der Waals surface area contributed by atoms with Crippen LogP contribution in [0.5, 0.6) is 0 Å². The maximum Gasteiger partial charge on any atom is 0.227 e. The number of nitrogens with two attached hydrogens (primary N) is 1. The van der Waals surface area contributed by atoms with Gasteiger partial charge in [0.2, 0.25) is 5.91 Å². The molecule has 6 nitrogen and oxygen atoms in total. The zero-order chi connectivity index (χ0) is 12.8. The maximum absolute atomic E-state index is 12.2. The number of carbonyl (C=O) groups is 1. The Kier molecular flexibility index (Phi) is 4.33. The zero-order valence-electron chi connectivity index (χ0n) is 10.5. The van der Waals surface area contributed by atoms with E-state index in [1.165, 1.54) is 0 Å². The zero-order valence-corrected chi connectivity index (χ0v) is 10.5. The molecule has 0 atom stereocenters. The van der Waals surface area contributed by atoms with Crippen LogP contribution in [0.1, 0.15) is 12.8 Å². The molecule has 100 valence electrons. The summed E-state index contributed by atoms with van der Waals surface area (Å²) in [5, 5.41) is 7.03. The van der Waals surface area contributed by atoms with E-state index in [0.29, 0.717) is 45.7 Å². The van der Waals surface area contributed by atoms with Gasteiger partial charge in [-0.15, -0.1) is 0 Å². The first-order chi connectivity index (χ1) is 8.77. The standard InChI is InChI=1S/C12H20N4O2/c13-10-12(2-8-18-9-3-12)11(17)14-5-7-16-6-1-4-15-16/h1,4,6H,2-3,5,7-10,13H2,(H,14,17). The molecule has 0 aromatic carbocycles. The number of aromatic nitrogens is 2. The van der Waals surface area contributed by atoms with Crippen molar-refractivity contribution in [3.8, 4) is 0 Å². The summed E-state index contributed by atoms with van der Waals surface area (Å²) in [6.45, 7) is 2.86. The lowest BCUT2D eigenvalue weighted by Crippen LogP contribution is -2.49. The summed E-state index contributed by atoms with van der Waals surface area (Å²) in [7, 11) is 0. The van der Waals surface area contributed by atoms with Gasteiger partial charge in [-0.2, -0.15) is 5.10 Å². The summed E-state index contributed by atoms with van der Waals surface area (Å²) in [6.07, 6.45) is 5.01. The summed E-state index contributed by atoms with van der Waals surface area (Å²) >= 11 is 0. The number of nitrogens with one attached hydrogen (secondary N) is 1. The lowest BCUT2D eigenvalue weighted by atomic mass is 9.79. The molecule has 6 heteroatoms. The highest BCUT2D eigenvalue weighted by Gasteiger charge is 2.38. The summed E-state index contributed by atoms with van der Waals surface area (Å²) in [5.74, 6) is 0.0421. The Balaban J connectivity index is 1.82. The van der Waals surface area contributed by atoms with Gasteiger partial charge >= 0.3 is 0 Å². The van der Waals surface area contributed by atoms with Crippen molar-refractivity contribution in [3.05, 3.63) is 18.5 Å². The second-order valence-corrected chi connectivity index (χ2v) is 4.62. The van der Waals surface area contributed by atoms with Crippen molar-refractivity contribution in [1.82, 2.24) is 15.1 Å². The van der Waals surface area contributed by atoms with Gasteiger partial charge in [0.15, 0.2) is 0 Å². The molecular formula is C12H20N4O2. The Morgan fingerprint density at radius 2 is 2.28 bits per heavy atom. The van der Waals surface area contributed by atoms with Gasteiger partial charge in [0.25, 0.3) is 0 Å². The number of carbonyl (C=O) groups excluding carboxylic acids is 1. The molecule has 1 aromatic heterocycles. The third-order valence-corrected chi connectivity index (χ3v) is 3.51. The average Bonchev–Trinajstić information content (AvgIpc) is 2.92. The summed E-state index contributed by atoms with van der Waals surface area (Å²) < 4.78 is 7.08. The van der Waals surface area contributed by atoms with E-state index in [1.54, 1.807) is 10.9 Å². The van der Waals surface area contributed by atoms with Gasteiger partial charge in [0.05, 0.1) is 12.0 Å². The van der Waals surface area contributed by atoms with Gasteiger partial charge in [-0.25, -0.2) is 0 Å². The number of hydrogen-bond acceptors (Lipinski definition) is 4. The van der Waals surface area contributed by atoms with E-state index >= 15 is 0 Å². The predicted octanol–water partition coefficient (Wildman–Crippen LogP) is -0.245. The molecule has 1 aromatic rings. The van der Waals surface area contributed by atoms with E-state index in [9.17, 15) is 4.79 Å². The topological polar surface area (TPSA) is 82.2 Å². The molecule has 1 aliphatic rings. The monoisotopic (exact) mass is 252 g/mol. The smallest absolute Gasteiger partial charge is 0.227 e. The van der Waals surface area contributed by atoms with Crippen molar-refractivity contribution >= 4 is 5.91 Å². The first-order valence-electron chi connectivity index (χ1n) is 6.30. The van der Waals surface area contributed by atoms with E-state index in [4.69, 9.17) is 10.5 Å². The molecule has 0 unspecified atom stereocenters. The summed E-state index contributed by atoms with van der Waals surface area (Å²) in [5.41, 5.74) is 5.33. The van der Waals surface area contributed by atoms with Crippen LogP contribution in [0.15, 0.2) is 18.5 Å². The molecule has 1 fully saturated rings. The Morgan fingerprint density at radius 3 is 2.89 bits per heavy atom. The molecular weight excluding hydrogens is 232 g/mol. The Morgan fingerprint density at radius 1 is 1.50 bits per heavy atom. The minimum absolute atomic E-state index is 0.0421. The van der Waals surface area contributed by atoms with Gasteiger partial charge in [-0.3, -0.25) is 9.48 Å². The molecule has 0 aliphatic carbocycles. The Labute approximate surface area is 106 Å². The first-order valence-corrected chi connectivity index (χ1v) is 6.30. The second kappa shape index (κ2) is 5.97. The summed E-state index contributed by atoms with van der Waals surface area (Å²) in [6, 6.07) is 1.86. The van der Waals surface area contributed by atoms with Crippen molar-refractivity contribution in [1.29, 1.82) is 0 Å². The third-order valence-electron chi connectivity index (χ3n) is 3.51. The van der Waals surface area contributed by atoms with Crippen LogP contribution in [0.3, 0.4) is 0 Å². The number of amides is 1. The molecule has 0 radical (unpaired) electrons. The van der Waals surface area contributed by atoms with E-state index in [-0.39, 0.29) is 5.91 Å². The van der Waals surface area contributed by atoms with Gasteiger partial charge < -0.3 is 15.8 Å². The lowest BCUT2D eigenvalue weighted by Gasteiger charge is -2.34. The SMILES string of the molecule is NCC1(C(=O)NCCn2cccn2)CCOCC1. The highest BCUT2D eigenvalue weighted by atomic mass is 16.5. The predicted molar refractivity (Wildman–Crippen MR) is 66.8 cm³/mol. The van der Waals surface area contributed by atoms with Crippen LogP contribution >= 0.6 is 0 Å². The Bertz CT molecular complexity index is 371. The fourth-order valence-electron chi connectivity index (χ4n) is 2.19. The minimum atomic E-state index is -0.442. The van der Waals surface area contributed by atoms with Crippen LogP contribution in [0, 0.1) is 5.41 Å². The number of hydrogen-bond donors (Lipinski definition) is 2. The van der Waals surface area contributed by atoms with Gasteiger partial charge in [0, 0.05) is 38.7 Å². The maximum atomic E-state index is 12.2. The summed E-state index contributed by atoms with van der Waals surface area (Å²) in [4.78, 5) is 12.2. The fourth-order valence-corrected chi connectivity index (χ4v) is 2.19. The third kappa shape index (κ3) is 2.88. The van der Waals surface area contributed by atoms with Crippen molar-refractivity contribution in [2.24, 2.45) is 11.1 Å². The van der Waals surface area contributed by atoms with Crippen LogP contribution in [0.4, 0.5) is 0 Å². The minimum Gasteiger partial charge on any atom is -0.381 e. The molecule has 0 saturated carbocycles. The van der Waals surface area contributed by atoms with Crippen LogP contribution in [0.25, 0.3) is 0 Å². The Hall–Kier alpha value is -1.40. The van der Waals surface area contributed by atoms with Gasteiger partial charge in [0.1, 0.15) is 0 Å². The van der Waals surface area contributed by atoms with Crippen LogP contribution in [-0.4, -0.2) is 42.0 Å². The normalized spacial score (nSPS) is 18.5. The van der Waals surface area contributed by atoms with Gasteiger partial charge in [-0.1, -0.05) is 0 Å². The van der Waals surface area contributed by atoms with Crippen molar-refractivity contribution in [2.45, 2.75) is 19.4 Å². The highest BCUT2D eigenvalue weighted by Crippen LogP contribution is 2.29. The molecule has 3 N–H and O–H groups in total. The van der Waals surface area contributed by atoms with E-state index < -0.39 is 5.41 Å². The fraction of sp³-hybridized carbons (Fsp3) is 0.667. The molecule has 1 amide bonds. The van der Waals surface area contributed by atoms with Crippen molar-refractivity contribution in [3.63, 3.8) is 0 Å². The molecule has 1 aliphatic heterocycles. The van der Waals surface area contributed by atoms with Crippen molar-refractivity contribution in [2.75, 3.05) is 26.3 Å². The highest BCUT2D eigenvalue weighted by molar-refractivity contribution is 5.83. The number of ether oxygens (including phenoxy) is 1. The number of rotatable bonds is 5. The molecule has 0 bridgehead atoms. The molecule has 1 saturated heterocycles. The van der Waals surface area contributed by atoms with E-state index in [1.807, 2.05) is 12.3 Å². The average molecular weight is 252 g/mol. The molecule has 2 heterocycles. The van der Waals surface area contributed by atoms with E-state index in [0.717, 1.165) is 0 Å². The van der Waals surface area contributed by atoms with Crippen LogP contribution in [-0.2, 0) is 16.1 Å². The van der Waals surface area contributed by atoms with Crippen LogP contribution < -0.4 is 11.1 Å². The molecule has 18 heavy (non-hydrogen) atoms. The van der Waals surface area contributed by atoms with Gasteiger partial charge in [-0.05, 0) is 18.9 Å². The second-order valence-electron chi connectivity index (χ2n) is 4.62. The quantitative estimate of drug-likeness (QED) is 0.757. The van der Waals surface area contributed by atoms with E-state index in [2.05, 4.69) is 10.4 Å². The largest absolute Gasteiger partial charge is 0.381 e.